The Balaban J connectivity index is 2.44. The maximum Gasteiger partial charge on any atom is 0.387 e. The van der Waals surface area contributed by atoms with E-state index < -0.39 is 28.5 Å². The van der Waals surface area contributed by atoms with Crippen molar-refractivity contribution in [2.75, 3.05) is 4.90 Å². The van der Waals surface area contributed by atoms with Gasteiger partial charge in [0.1, 0.15) is 15.8 Å². The zero-order valence-corrected chi connectivity index (χ0v) is 10.6. The van der Waals surface area contributed by atoms with Gasteiger partial charge in [-0.25, -0.2) is 4.90 Å². The number of halogens is 4. The molecule has 0 saturated heterocycles. The standard InChI is InChI=1S/C11H5Cl2F2NO3/c12-7-8(13)10(18)16(9(7)17)5-3-1-2-4-6(5)19-11(14)15/h1-4,11H. The smallest absolute Gasteiger partial charge is 0.387 e. The highest BCUT2D eigenvalue weighted by Crippen LogP contribution is 2.36. The number of carbonyl (C=O) groups excluding carboxylic acids is 2. The van der Waals surface area contributed by atoms with Crippen LogP contribution in [0.15, 0.2) is 34.3 Å². The van der Waals surface area contributed by atoms with Crippen LogP contribution in [0.3, 0.4) is 0 Å². The molecular formula is C11H5Cl2F2NO3. The second kappa shape index (κ2) is 5.14. The topological polar surface area (TPSA) is 46.6 Å². The number of amides is 2. The van der Waals surface area contributed by atoms with Gasteiger partial charge in [-0.1, -0.05) is 35.3 Å². The number of rotatable bonds is 3. The van der Waals surface area contributed by atoms with Gasteiger partial charge >= 0.3 is 6.61 Å². The largest absolute Gasteiger partial charge is 0.433 e. The molecule has 100 valence electrons. The average Bonchev–Trinajstić information content (AvgIpc) is 2.55. The normalized spacial score (nSPS) is 15.7. The lowest BCUT2D eigenvalue weighted by Crippen LogP contribution is -2.31. The number of anilines is 1. The van der Waals surface area contributed by atoms with Crippen LogP contribution in [0.4, 0.5) is 14.5 Å². The minimum Gasteiger partial charge on any atom is -0.433 e. The summed E-state index contributed by atoms with van der Waals surface area (Å²) in [5.74, 6) is -2.10. The van der Waals surface area contributed by atoms with Gasteiger partial charge in [-0.05, 0) is 12.1 Å². The molecule has 1 aliphatic heterocycles. The highest BCUT2D eigenvalue weighted by molar-refractivity contribution is 6.62. The predicted octanol–water partition coefficient (Wildman–Crippen LogP) is 2.85. The third-order valence-electron chi connectivity index (χ3n) is 2.30. The Morgan fingerprint density at radius 1 is 1.05 bits per heavy atom. The van der Waals surface area contributed by atoms with Crippen LogP contribution in [0.1, 0.15) is 0 Å². The molecular weight excluding hydrogens is 303 g/mol. The van der Waals surface area contributed by atoms with Crippen molar-refractivity contribution in [3.05, 3.63) is 34.3 Å². The zero-order chi connectivity index (χ0) is 14.2. The molecule has 0 unspecified atom stereocenters. The Bertz CT molecular complexity index is 565. The summed E-state index contributed by atoms with van der Waals surface area (Å²) in [5, 5.41) is -0.919. The number of para-hydroxylation sites is 2. The Kier molecular flexibility index (Phi) is 3.73. The van der Waals surface area contributed by atoms with Crippen molar-refractivity contribution in [1.82, 2.24) is 0 Å². The first-order valence-electron chi connectivity index (χ1n) is 4.91. The fourth-order valence-electron chi connectivity index (χ4n) is 1.53. The van der Waals surface area contributed by atoms with Gasteiger partial charge in [0.05, 0.1) is 5.69 Å². The van der Waals surface area contributed by atoms with Gasteiger partial charge in [0, 0.05) is 0 Å². The average molecular weight is 308 g/mol. The Hall–Kier alpha value is -1.66. The molecule has 0 atom stereocenters. The molecule has 0 fully saturated rings. The maximum atomic E-state index is 12.3. The number of nitrogens with zero attached hydrogens (tertiary/aromatic N) is 1. The fourth-order valence-corrected chi connectivity index (χ4v) is 1.86. The number of imide groups is 1. The number of alkyl halides is 2. The van der Waals surface area contributed by atoms with Crippen LogP contribution >= 0.6 is 23.2 Å². The number of carbonyl (C=O) groups is 2. The molecule has 8 heteroatoms. The second-order valence-corrected chi connectivity index (χ2v) is 4.18. The lowest BCUT2D eigenvalue weighted by molar-refractivity contribution is -0.120. The van der Waals surface area contributed by atoms with Gasteiger partial charge in [-0.3, -0.25) is 9.59 Å². The van der Waals surface area contributed by atoms with Crippen LogP contribution in [0.2, 0.25) is 0 Å². The van der Waals surface area contributed by atoms with Crippen LogP contribution in [0.5, 0.6) is 5.75 Å². The molecule has 1 heterocycles. The molecule has 1 aliphatic rings. The predicted molar refractivity (Wildman–Crippen MR) is 64.3 cm³/mol. The number of benzene rings is 1. The van der Waals surface area contributed by atoms with Gasteiger partial charge in [0.25, 0.3) is 11.8 Å². The van der Waals surface area contributed by atoms with E-state index in [-0.39, 0.29) is 11.4 Å². The highest BCUT2D eigenvalue weighted by Gasteiger charge is 2.39. The van der Waals surface area contributed by atoms with Crippen LogP contribution in [-0.2, 0) is 9.59 Å². The summed E-state index contributed by atoms with van der Waals surface area (Å²) in [6.45, 7) is -3.09. The van der Waals surface area contributed by atoms with Crippen molar-refractivity contribution < 1.29 is 23.1 Å². The molecule has 0 radical (unpaired) electrons. The Morgan fingerprint density at radius 3 is 2.11 bits per heavy atom. The molecule has 4 nitrogen and oxygen atoms in total. The first-order valence-corrected chi connectivity index (χ1v) is 5.67. The van der Waals surface area contributed by atoms with E-state index in [9.17, 15) is 18.4 Å². The third kappa shape index (κ3) is 2.41. The summed E-state index contributed by atoms with van der Waals surface area (Å²) in [5.41, 5.74) is -0.147. The molecule has 2 amide bonds. The van der Waals surface area contributed by atoms with Crippen molar-refractivity contribution in [3.8, 4) is 5.75 Å². The molecule has 0 aliphatic carbocycles. The first-order chi connectivity index (χ1) is 8.93. The molecule has 0 saturated carbocycles. The van der Waals surface area contributed by atoms with Gasteiger partial charge in [0.15, 0.2) is 0 Å². The molecule has 0 N–H and O–H groups in total. The molecule has 19 heavy (non-hydrogen) atoms. The molecule has 1 aromatic rings. The maximum absolute atomic E-state index is 12.3. The highest BCUT2D eigenvalue weighted by atomic mass is 35.5. The minimum absolute atomic E-state index is 0.147. The van der Waals surface area contributed by atoms with Crippen molar-refractivity contribution in [1.29, 1.82) is 0 Å². The molecule has 2 rings (SSSR count). The van der Waals surface area contributed by atoms with Crippen LogP contribution in [0, 0.1) is 0 Å². The lowest BCUT2D eigenvalue weighted by Gasteiger charge is -2.18. The molecule has 1 aromatic carbocycles. The quantitative estimate of drug-likeness (QED) is 0.807. The molecule has 0 spiro atoms. The van der Waals surface area contributed by atoms with Crippen LogP contribution < -0.4 is 9.64 Å². The third-order valence-corrected chi connectivity index (χ3v) is 3.09. The summed E-state index contributed by atoms with van der Waals surface area (Å²) in [6, 6.07) is 5.34. The van der Waals surface area contributed by atoms with E-state index in [4.69, 9.17) is 23.2 Å². The summed E-state index contributed by atoms with van der Waals surface area (Å²) < 4.78 is 28.8. The summed E-state index contributed by atoms with van der Waals surface area (Å²) in [6.07, 6.45) is 0. The van der Waals surface area contributed by atoms with Crippen molar-refractivity contribution in [3.63, 3.8) is 0 Å². The minimum atomic E-state index is -3.09. The van der Waals surface area contributed by atoms with Crippen molar-refractivity contribution in [2.45, 2.75) is 6.61 Å². The van der Waals surface area contributed by atoms with E-state index in [2.05, 4.69) is 4.74 Å². The first kappa shape index (κ1) is 13.8. The number of ether oxygens (including phenoxy) is 1. The van der Waals surface area contributed by atoms with E-state index in [1.165, 1.54) is 24.3 Å². The van der Waals surface area contributed by atoms with E-state index in [0.717, 1.165) is 0 Å². The summed E-state index contributed by atoms with van der Waals surface area (Å²) >= 11 is 11.1. The van der Waals surface area contributed by atoms with E-state index in [1.54, 1.807) is 0 Å². The molecule has 0 aromatic heterocycles. The second-order valence-electron chi connectivity index (χ2n) is 3.42. The Labute approximate surface area is 116 Å². The monoisotopic (exact) mass is 307 g/mol. The molecule has 0 bridgehead atoms. The van der Waals surface area contributed by atoms with E-state index in [0.29, 0.717) is 4.90 Å². The van der Waals surface area contributed by atoms with Gasteiger partial charge in [-0.2, -0.15) is 8.78 Å². The summed E-state index contributed by atoms with van der Waals surface area (Å²) in [7, 11) is 0. The SMILES string of the molecule is O=C1C(Cl)=C(Cl)C(=O)N1c1ccccc1OC(F)F. The summed E-state index contributed by atoms with van der Waals surface area (Å²) in [4.78, 5) is 24.1. The van der Waals surface area contributed by atoms with Crippen LogP contribution in [-0.4, -0.2) is 18.4 Å². The van der Waals surface area contributed by atoms with Crippen molar-refractivity contribution >= 4 is 40.7 Å². The lowest BCUT2D eigenvalue weighted by atomic mass is 10.2. The Morgan fingerprint density at radius 2 is 1.58 bits per heavy atom. The fraction of sp³-hybridized carbons (Fsp3) is 0.0909. The number of hydrogen-bond acceptors (Lipinski definition) is 3. The van der Waals surface area contributed by atoms with Crippen LogP contribution in [0.25, 0.3) is 0 Å². The van der Waals surface area contributed by atoms with Gasteiger partial charge < -0.3 is 4.74 Å². The zero-order valence-electron chi connectivity index (χ0n) is 9.07. The van der Waals surface area contributed by atoms with Crippen molar-refractivity contribution in [2.24, 2.45) is 0 Å². The van der Waals surface area contributed by atoms with E-state index >= 15 is 0 Å². The van der Waals surface area contributed by atoms with E-state index in [1.807, 2.05) is 0 Å². The van der Waals surface area contributed by atoms with Gasteiger partial charge in [-0.15, -0.1) is 0 Å². The van der Waals surface area contributed by atoms with Gasteiger partial charge in [0.2, 0.25) is 0 Å². The number of hydrogen-bond donors (Lipinski definition) is 0.